The average Bonchev–Trinajstić information content (AvgIpc) is 2.80. The van der Waals surface area contributed by atoms with E-state index in [4.69, 9.17) is 14.7 Å². The van der Waals surface area contributed by atoms with E-state index in [1.165, 1.54) is 49.8 Å². The number of aryl methyl sites for hydroxylation is 1. The summed E-state index contributed by atoms with van der Waals surface area (Å²) < 4.78 is 5.95. The molecule has 3 rings (SSSR count). The zero-order chi connectivity index (χ0) is 14.7. The van der Waals surface area contributed by atoms with Crippen LogP contribution in [0.25, 0.3) is 0 Å². The van der Waals surface area contributed by atoms with E-state index < -0.39 is 0 Å². The maximum atomic E-state index is 5.95. The highest BCUT2D eigenvalue weighted by molar-refractivity contribution is 5.25. The van der Waals surface area contributed by atoms with Gasteiger partial charge in [0, 0.05) is 30.6 Å². The van der Waals surface area contributed by atoms with E-state index in [0.29, 0.717) is 6.04 Å². The molecule has 1 heterocycles. The van der Waals surface area contributed by atoms with Crippen LogP contribution in [-0.4, -0.2) is 24.1 Å². The summed E-state index contributed by atoms with van der Waals surface area (Å²) in [6, 6.07) is 0.412. The van der Waals surface area contributed by atoms with Gasteiger partial charge in [0.05, 0.1) is 0 Å². The third kappa shape index (κ3) is 2.84. The first-order chi connectivity index (χ1) is 10.3. The molecule has 1 fully saturated rings. The SMILES string of the molecule is CNC1CCCc2nc(C3(OC)CCCCCC3)ncc21. The lowest BCUT2D eigenvalue weighted by Crippen LogP contribution is -2.32. The van der Waals surface area contributed by atoms with Crippen molar-refractivity contribution in [3.05, 3.63) is 23.3 Å². The van der Waals surface area contributed by atoms with Crippen molar-refractivity contribution in [2.45, 2.75) is 69.4 Å². The number of nitrogens with one attached hydrogen (secondary N) is 1. The Hall–Kier alpha value is -1.00. The second kappa shape index (κ2) is 6.41. The predicted octanol–water partition coefficient (Wildman–Crippen LogP) is 3.27. The van der Waals surface area contributed by atoms with Gasteiger partial charge in [0.2, 0.25) is 0 Å². The topological polar surface area (TPSA) is 47.0 Å². The third-order valence-electron chi connectivity index (χ3n) is 5.24. The summed E-state index contributed by atoms with van der Waals surface area (Å²) in [7, 11) is 3.85. The number of hydrogen-bond acceptors (Lipinski definition) is 4. The van der Waals surface area contributed by atoms with Crippen LogP contribution in [0.2, 0.25) is 0 Å². The molecule has 0 aliphatic heterocycles. The third-order valence-corrected chi connectivity index (χ3v) is 5.24. The summed E-state index contributed by atoms with van der Waals surface area (Å²) in [4.78, 5) is 9.67. The molecule has 2 aliphatic carbocycles. The molecule has 1 atom stereocenters. The van der Waals surface area contributed by atoms with Gasteiger partial charge in [-0.25, -0.2) is 9.97 Å². The Morgan fingerprint density at radius 3 is 2.62 bits per heavy atom. The molecule has 1 N–H and O–H groups in total. The summed E-state index contributed by atoms with van der Waals surface area (Å²) in [5, 5.41) is 3.38. The molecule has 0 amide bonds. The number of aromatic nitrogens is 2. The van der Waals surface area contributed by atoms with Crippen molar-refractivity contribution < 1.29 is 4.74 Å². The Balaban J connectivity index is 1.94. The molecule has 1 aromatic rings. The average molecular weight is 289 g/mol. The van der Waals surface area contributed by atoms with Gasteiger partial charge in [-0.15, -0.1) is 0 Å². The van der Waals surface area contributed by atoms with E-state index in [9.17, 15) is 0 Å². The molecule has 0 spiro atoms. The van der Waals surface area contributed by atoms with Crippen LogP contribution in [-0.2, 0) is 16.8 Å². The zero-order valence-electron chi connectivity index (χ0n) is 13.3. The Morgan fingerprint density at radius 1 is 1.19 bits per heavy atom. The van der Waals surface area contributed by atoms with Gasteiger partial charge < -0.3 is 10.1 Å². The van der Waals surface area contributed by atoms with Crippen LogP contribution in [0.5, 0.6) is 0 Å². The quantitative estimate of drug-likeness (QED) is 0.868. The summed E-state index contributed by atoms with van der Waals surface area (Å²) in [5.41, 5.74) is 2.26. The molecule has 4 nitrogen and oxygen atoms in total. The van der Waals surface area contributed by atoms with E-state index >= 15 is 0 Å². The number of ether oxygens (including phenoxy) is 1. The van der Waals surface area contributed by atoms with Gasteiger partial charge >= 0.3 is 0 Å². The summed E-state index contributed by atoms with van der Waals surface area (Å²) in [6.45, 7) is 0. The molecular formula is C17H27N3O. The molecule has 2 aliphatic rings. The molecule has 4 heteroatoms. The van der Waals surface area contributed by atoms with E-state index in [-0.39, 0.29) is 5.60 Å². The van der Waals surface area contributed by atoms with Crippen LogP contribution in [0, 0.1) is 0 Å². The van der Waals surface area contributed by atoms with Crippen molar-refractivity contribution in [1.82, 2.24) is 15.3 Å². The van der Waals surface area contributed by atoms with Gasteiger partial charge in [-0.1, -0.05) is 25.7 Å². The molecular weight excluding hydrogens is 262 g/mol. The normalized spacial score (nSPS) is 25.1. The fourth-order valence-corrected chi connectivity index (χ4v) is 3.88. The summed E-state index contributed by atoms with van der Waals surface area (Å²) >= 11 is 0. The predicted molar refractivity (Wildman–Crippen MR) is 83.2 cm³/mol. The Kier molecular flexibility index (Phi) is 4.55. The minimum atomic E-state index is -0.252. The lowest BCUT2D eigenvalue weighted by Gasteiger charge is -2.31. The van der Waals surface area contributed by atoms with Crippen LogP contribution in [0.15, 0.2) is 6.20 Å². The van der Waals surface area contributed by atoms with Gasteiger partial charge in [0.1, 0.15) is 5.60 Å². The van der Waals surface area contributed by atoms with Crippen molar-refractivity contribution >= 4 is 0 Å². The van der Waals surface area contributed by atoms with Crippen LogP contribution in [0.4, 0.5) is 0 Å². The van der Waals surface area contributed by atoms with Crippen molar-refractivity contribution in [2.24, 2.45) is 0 Å². The van der Waals surface area contributed by atoms with E-state index in [1.807, 2.05) is 20.4 Å². The fourth-order valence-electron chi connectivity index (χ4n) is 3.88. The standard InChI is InChI=1S/C17H27N3O/c1-18-14-8-7-9-15-13(14)12-19-16(20-15)17(21-2)10-5-3-4-6-11-17/h12,14,18H,3-11H2,1-2H3. The first kappa shape index (κ1) is 14.9. The summed E-state index contributed by atoms with van der Waals surface area (Å²) in [6.07, 6.45) is 12.6. The van der Waals surface area contributed by atoms with Crippen LogP contribution in [0.1, 0.15) is 74.5 Å². The Bertz CT molecular complexity index is 481. The van der Waals surface area contributed by atoms with Crippen LogP contribution >= 0.6 is 0 Å². The maximum Gasteiger partial charge on any atom is 0.160 e. The molecule has 1 saturated carbocycles. The minimum absolute atomic E-state index is 0.252. The molecule has 0 aromatic carbocycles. The van der Waals surface area contributed by atoms with Crippen molar-refractivity contribution in [3.63, 3.8) is 0 Å². The van der Waals surface area contributed by atoms with E-state index in [1.54, 1.807) is 0 Å². The molecule has 1 unspecified atom stereocenters. The number of nitrogens with zero attached hydrogens (tertiary/aromatic N) is 2. The van der Waals surface area contributed by atoms with Crippen LogP contribution in [0.3, 0.4) is 0 Å². The minimum Gasteiger partial charge on any atom is -0.370 e. The van der Waals surface area contributed by atoms with Crippen molar-refractivity contribution in [2.75, 3.05) is 14.2 Å². The number of fused-ring (bicyclic) bond motifs is 1. The smallest absolute Gasteiger partial charge is 0.160 e. The lowest BCUT2D eigenvalue weighted by atomic mass is 9.90. The van der Waals surface area contributed by atoms with Crippen LogP contribution < -0.4 is 5.32 Å². The highest BCUT2D eigenvalue weighted by Gasteiger charge is 2.36. The van der Waals surface area contributed by atoms with E-state index in [2.05, 4.69) is 5.32 Å². The second-order valence-electron chi connectivity index (χ2n) is 6.44. The number of methoxy groups -OCH3 is 1. The molecule has 0 radical (unpaired) electrons. The molecule has 0 saturated heterocycles. The van der Waals surface area contributed by atoms with Gasteiger partial charge in [0.25, 0.3) is 0 Å². The Morgan fingerprint density at radius 2 is 1.95 bits per heavy atom. The van der Waals surface area contributed by atoms with Gasteiger partial charge in [-0.2, -0.15) is 0 Å². The second-order valence-corrected chi connectivity index (χ2v) is 6.44. The monoisotopic (exact) mass is 289 g/mol. The number of rotatable bonds is 3. The first-order valence-electron chi connectivity index (χ1n) is 8.38. The lowest BCUT2D eigenvalue weighted by molar-refractivity contribution is -0.0354. The first-order valence-corrected chi connectivity index (χ1v) is 8.38. The molecule has 1 aromatic heterocycles. The highest BCUT2D eigenvalue weighted by Crippen LogP contribution is 2.38. The largest absolute Gasteiger partial charge is 0.370 e. The molecule has 0 bridgehead atoms. The van der Waals surface area contributed by atoms with Gasteiger partial charge in [0.15, 0.2) is 5.82 Å². The van der Waals surface area contributed by atoms with Crippen molar-refractivity contribution in [1.29, 1.82) is 0 Å². The Labute approximate surface area is 127 Å². The fraction of sp³-hybridized carbons (Fsp3) is 0.765. The molecule has 21 heavy (non-hydrogen) atoms. The van der Waals surface area contributed by atoms with Gasteiger partial charge in [-0.3, -0.25) is 0 Å². The summed E-state index contributed by atoms with van der Waals surface area (Å²) in [5.74, 6) is 0.919. The zero-order valence-corrected chi connectivity index (χ0v) is 13.3. The van der Waals surface area contributed by atoms with E-state index in [0.717, 1.165) is 25.1 Å². The van der Waals surface area contributed by atoms with Crippen molar-refractivity contribution in [3.8, 4) is 0 Å². The van der Waals surface area contributed by atoms with Gasteiger partial charge in [-0.05, 0) is 39.2 Å². The molecule has 116 valence electrons. The maximum absolute atomic E-state index is 5.95. The number of hydrogen-bond donors (Lipinski definition) is 1. The highest BCUT2D eigenvalue weighted by atomic mass is 16.5.